The van der Waals surface area contributed by atoms with Gasteiger partial charge in [0, 0.05) is 17.8 Å². The molecule has 0 aromatic carbocycles. The lowest BCUT2D eigenvalue weighted by Gasteiger charge is -2.27. The van der Waals surface area contributed by atoms with Gasteiger partial charge in [-0.15, -0.1) is 0 Å². The third kappa shape index (κ3) is 1.75. The van der Waals surface area contributed by atoms with Gasteiger partial charge in [-0.1, -0.05) is 19.9 Å². The summed E-state index contributed by atoms with van der Waals surface area (Å²) in [4.78, 5) is 17.6. The number of carbonyl (C=O) groups excluding carboxylic acids is 1. The molecule has 2 heterocycles. The molecule has 0 saturated carbocycles. The van der Waals surface area contributed by atoms with Gasteiger partial charge in [-0.05, 0) is 18.9 Å². The normalized spacial score (nSPS) is 15.0. The molecule has 2 rings (SSSR count). The lowest BCUT2D eigenvalue weighted by molar-refractivity contribution is 0.141. The number of pyridine rings is 1. The third-order valence-corrected chi connectivity index (χ3v) is 2.71. The Kier molecular flexibility index (Phi) is 2.81. The van der Waals surface area contributed by atoms with Gasteiger partial charge >= 0.3 is 6.09 Å². The SMILES string of the molecule is CCN1C(=O)OCc2ccc(C(C)C)nc21. The minimum atomic E-state index is -0.302. The van der Waals surface area contributed by atoms with Gasteiger partial charge in [-0.3, -0.25) is 4.90 Å². The minimum absolute atomic E-state index is 0.302. The van der Waals surface area contributed by atoms with Gasteiger partial charge in [0.25, 0.3) is 0 Å². The third-order valence-electron chi connectivity index (χ3n) is 2.71. The Morgan fingerprint density at radius 3 is 2.88 bits per heavy atom. The van der Waals surface area contributed by atoms with Gasteiger partial charge in [0.1, 0.15) is 12.4 Å². The van der Waals surface area contributed by atoms with Gasteiger partial charge in [0.15, 0.2) is 0 Å². The molecular formula is C12H16N2O2. The van der Waals surface area contributed by atoms with Crippen LogP contribution >= 0.6 is 0 Å². The number of cyclic esters (lactones) is 1. The highest BCUT2D eigenvalue weighted by molar-refractivity contribution is 5.88. The van der Waals surface area contributed by atoms with Crippen molar-refractivity contribution in [3.63, 3.8) is 0 Å². The maximum atomic E-state index is 11.5. The van der Waals surface area contributed by atoms with Crippen molar-refractivity contribution in [1.82, 2.24) is 4.98 Å². The van der Waals surface area contributed by atoms with Crippen molar-refractivity contribution in [2.75, 3.05) is 11.4 Å². The van der Waals surface area contributed by atoms with E-state index < -0.39 is 0 Å². The Morgan fingerprint density at radius 1 is 1.50 bits per heavy atom. The van der Waals surface area contributed by atoms with Crippen LogP contribution in [-0.2, 0) is 11.3 Å². The lowest BCUT2D eigenvalue weighted by Crippen LogP contribution is -2.36. The molecule has 0 radical (unpaired) electrons. The average molecular weight is 220 g/mol. The van der Waals surface area contributed by atoms with E-state index in [-0.39, 0.29) is 6.09 Å². The van der Waals surface area contributed by atoms with E-state index in [1.807, 2.05) is 19.1 Å². The summed E-state index contributed by atoms with van der Waals surface area (Å²) in [6.07, 6.45) is -0.302. The van der Waals surface area contributed by atoms with Gasteiger partial charge < -0.3 is 4.74 Å². The smallest absolute Gasteiger partial charge is 0.415 e. The van der Waals surface area contributed by atoms with Gasteiger partial charge in [-0.2, -0.15) is 0 Å². The summed E-state index contributed by atoms with van der Waals surface area (Å²) in [6, 6.07) is 3.99. The molecular weight excluding hydrogens is 204 g/mol. The zero-order valence-corrected chi connectivity index (χ0v) is 9.86. The molecule has 0 saturated heterocycles. The van der Waals surface area contributed by atoms with E-state index in [9.17, 15) is 4.79 Å². The van der Waals surface area contributed by atoms with Crippen molar-refractivity contribution < 1.29 is 9.53 Å². The topological polar surface area (TPSA) is 42.4 Å². The van der Waals surface area contributed by atoms with Crippen LogP contribution in [0.4, 0.5) is 10.6 Å². The summed E-state index contributed by atoms with van der Waals surface area (Å²) < 4.78 is 5.06. The number of amides is 1. The van der Waals surface area contributed by atoms with Crippen molar-refractivity contribution in [1.29, 1.82) is 0 Å². The molecule has 1 amide bonds. The van der Waals surface area contributed by atoms with Crippen LogP contribution in [0.25, 0.3) is 0 Å². The summed E-state index contributed by atoms with van der Waals surface area (Å²) in [5, 5.41) is 0. The molecule has 1 aliphatic rings. The zero-order valence-electron chi connectivity index (χ0n) is 9.86. The molecule has 0 bridgehead atoms. The fourth-order valence-electron chi connectivity index (χ4n) is 1.74. The summed E-state index contributed by atoms with van der Waals surface area (Å²) in [5.41, 5.74) is 1.98. The van der Waals surface area contributed by atoms with Crippen LogP contribution in [0.3, 0.4) is 0 Å². The van der Waals surface area contributed by atoms with Crippen LogP contribution < -0.4 is 4.90 Å². The highest BCUT2D eigenvalue weighted by Gasteiger charge is 2.26. The Balaban J connectivity index is 2.45. The van der Waals surface area contributed by atoms with E-state index in [4.69, 9.17) is 4.74 Å². The Hall–Kier alpha value is -1.58. The quantitative estimate of drug-likeness (QED) is 0.769. The fraction of sp³-hybridized carbons (Fsp3) is 0.500. The van der Waals surface area contributed by atoms with Crippen molar-refractivity contribution in [2.45, 2.75) is 33.3 Å². The summed E-state index contributed by atoms with van der Waals surface area (Å²) in [5.74, 6) is 1.12. The number of anilines is 1. The minimum Gasteiger partial charge on any atom is -0.444 e. The molecule has 0 unspecified atom stereocenters. The standard InChI is InChI=1S/C12H16N2O2/c1-4-14-11-9(7-16-12(14)15)5-6-10(13-11)8(2)3/h5-6,8H,4,7H2,1-3H3. The Morgan fingerprint density at radius 2 is 2.25 bits per heavy atom. The lowest BCUT2D eigenvalue weighted by atomic mass is 10.1. The first kappa shape index (κ1) is 10.9. The van der Waals surface area contributed by atoms with E-state index >= 15 is 0 Å². The Bertz CT molecular complexity index is 415. The number of ether oxygens (including phenoxy) is 1. The van der Waals surface area contributed by atoms with E-state index in [0.29, 0.717) is 19.1 Å². The van der Waals surface area contributed by atoms with Crippen LogP contribution in [-0.4, -0.2) is 17.6 Å². The number of rotatable bonds is 2. The maximum absolute atomic E-state index is 11.5. The molecule has 0 N–H and O–H groups in total. The van der Waals surface area contributed by atoms with E-state index in [1.165, 1.54) is 0 Å². The fourth-order valence-corrected chi connectivity index (χ4v) is 1.74. The van der Waals surface area contributed by atoms with Gasteiger partial charge in [0.05, 0.1) is 0 Å². The summed E-state index contributed by atoms with van der Waals surface area (Å²) in [6.45, 7) is 7.01. The molecule has 0 fully saturated rings. The van der Waals surface area contributed by atoms with Gasteiger partial charge in [-0.25, -0.2) is 9.78 Å². The number of carbonyl (C=O) groups is 1. The highest BCUT2D eigenvalue weighted by atomic mass is 16.6. The number of nitrogens with zero attached hydrogens (tertiary/aromatic N) is 2. The molecule has 16 heavy (non-hydrogen) atoms. The number of aromatic nitrogens is 1. The summed E-state index contributed by atoms with van der Waals surface area (Å²) in [7, 11) is 0. The highest BCUT2D eigenvalue weighted by Crippen LogP contribution is 2.26. The van der Waals surface area contributed by atoms with Crippen molar-refractivity contribution in [3.05, 3.63) is 23.4 Å². The second-order valence-electron chi connectivity index (χ2n) is 4.17. The van der Waals surface area contributed by atoms with Crippen molar-refractivity contribution in [2.24, 2.45) is 0 Å². The molecule has 0 atom stereocenters. The number of fused-ring (bicyclic) bond motifs is 1. The van der Waals surface area contributed by atoms with Crippen LogP contribution in [0.5, 0.6) is 0 Å². The van der Waals surface area contributed by atoms with Gasteiger partial charge in [0.2, 0.25) is 0 Å². The first-order chi connectivity index (χ1) is 7.63. The molecule has 1 aliphatic heterocycles. The van der Waals surface area contributed by atoms with E-state index in [2.05, 4.69) is 18.8 Å². The van der Waals surface area contributed by atoms with Crippen LogP contribution in [0, 0.1) is 0 Å². The maximum Gasteiger partial charge on any atom is 0.415 e. The summed E-state index contributed by atoms with van der Waals surface area (Å²) >= 11 is 0. The average Bonchev–Trinajstić information content (AvgIpc) is 2.28. The van der Waals surface area contributed by atoms with Crippen LogP contribution in [0.2, 0.25) is 0 Å². The first-order valence-corrected chi connectivity index (χ1v) is 5.57. The molecule has 0 spiro atoms. The molecule has 4 nitrogen and oxygen atoms in total. The second-order valence-corrected chi connectivity index (χ2v) is 4.17. The predicted molar refractivity (Wildman–Crippen MR) is 61.5 cm³/mol. The first-order valence-electron chi connectivity index (χ1n) is 5.57. The largest absolute Gasteiger partial charge is 0.444 e. The molecule has 0 aliphatic carbocycles. The Labute approximate surface area is 95.2 Å². The van der Waals surface area contributed by atoms with E-state index in [1.54, 1.807) is 4.90 Å². The molecule has 1 aromatic rings. The van der Waals surface area contributed by atoms with E-state index in [0.717, 1.165) is 17.1 Å². The molecule has 86 valence electrons. The number of hydrogen-bond donors (Lipinski definition) is 0. The van der Waals surface area contributed by atoms with Crippen molar-refractivity contribution >= 4 is 11.9 Å². The zero-order chi connectivity index (χ0) is 11.7. The van der Waals surface area contributed by atoms with Crippen LogP contribution in [0.15, 0.2) is 12.1 Å². The molecule has 4 heteroatoms. The second kappa shape index (κ2) is 4.12. The molecule has 1 aromatic heterocycles. The predicted octanol–water partition coefficient (Wildman–Crippen LogP) is 2.68. The number of hydrogen-bond acceptors (Lipinski definition) is 3. The monoisotopic (exact) mass is 220 g/mol. The van der Waals surface area contributed by atoms with Crippen LogP contribution in [0.1, 0.15) is 37.9 Å². The van der Waals surface area contributed by atoms with Crippen molar-refractivity contribution in [3.8, 4) is 0 Å².